The van der Waals surface area contributed by atoms with Crippen LogP contribution in [0, 0.1) is 0 Å². The second-order valence-corrected chi connectivity index (χ2v) is 4.40. The second kappa shape index (κ2) is 5.01. The van der Waals surface area contributed by atoms with Crippen LogP contribution >= 0.6 is 0 Å². The van der Waals surface area contributed by atoms with E-state index in [2.05, 4.69) is 5.32 Å². The first kappa shape index (κ1) is 12.3. The molecule has 2 aliphatic heterocycles. The van der Waals surface area contributed by atoms with Crippen LogP contribution in [-0.2, 0) is 19.1 Å². The Hall–Kier alpha value is -1.14. The van der Waals surface area contributed by atoms with E-state index in [-0.39, 0.29) is 18.4 Å². The van der Waals surface area contributed by atoms with Crippen molar-refractivity contribution >= 4 is 11.8 Å². The maximum absolute atomic E-state index is 11.7. The topological polar surface area (TPSA) is 67.9 Å². The van der Waals surface area contributed by atoms with Gasteiger partial charge < -0.3 is 19.7 Å². The van der Waals surface area contributed by atoms with E-state index in [0.29, 0.717) is 39.1 Å². The lowest BCUT2D eigenvalue weighted by Gasteiger charge is -2.37. The maximum Gasteiger partial charge on any atom is 0.241 e. The van der Waals surface area contributed by atoms with Crippen LogP contribution in [0.25, 0.3) is 0 Å². The van der Waals surface area contributed by atoms with Gasteiger partial charge in [0.1, 0.15) is 0 Å². The van der Waals surface area contributed by atoms with Gasteiger partial charge in [0.15, 0.2) is 5.79 Å². The smallest absolute Gasteiger partial charge is 0.241 e. The summed E-state index contributed by atoms with van der Waals surface area (Å²) in [5.74, 6) is -0.688. The van der Waals surface area contributed by atoms with Gasteiger partial charge in [0.25, 0.3) is 0 Å². The molecule has 1 spiro atoms. The van der Waals surface area contributed by atoms with E-state index in [9.17, 15) is 9.59 Å². The lowest BCUT2D eigenvalue weighted by molar-refractivity contribution is -0.187. The Morgan fingerprint density at radius 2 is 1.82 bits per heavy atom. The Bertz CT molecular complexity index is 303. The summed E-state index contributed by atoms with van der Waals surface area (Å²) in [6, 6.07) is 0. The number of carbonyl (C=O) groups is 2. The number of hydrogen-bond acceptors (Lipinski definition) is 4. The Morgan fingerprint density at radius 3 is 2.35 bits per heavy atom. The third-order valence-electron chi connectivity index (χ3n) is 3.18. The zero-order valence-corrected chi connectivity index (χ0v) is 10.0. The molecular weight excluding hydrogens is 224 g/mol. The fraction of sp³-hybridized carbons (Fsp3) is 0.818. The van der Waals surface area contributed by atoms with Crippen LogP contribution in [0.4, 0.5) is 0 Å². The molecule has 2 saturated heterocycles. The highest BCUT2D eigenvalue weighted by molar-refractivity contribution is 5.83. The molecule has 2 rings (SSSR count). The highest BCUT2D eigenvalue weighted by Crippen LogP contribution is 2.31. The molecule has 0 unspecified atom stereocenters. The SMILES string of the molecule is CC(=O)NCC(=O)N1CCC2(CC1)OCCO2. The van der Waals surface area contributed by atoms with Gasteiger partial charge in [-0.05, 0) is 0 Å². The molecule has 0 atom stereocenters. The van der Waals surface area contributed by atoms with E-state index in [0.717, 1.165) is 0 Å². The van der Waals surface area contributed by atoms with Crippen LogP contribution in [0.2, 0.25) is 0 Å². The quantitative estimate of drug-likeness (QED) is 0.708. The molecule has 2 amide bonds. The van der Waals surface area contributed by atoms with Crippen molar-refractivity contribution in [3.63, 3.8) is 0 Å². The predicted molar refractivity (Wildman–Crippen MR) is 59.1 cm³/mol. The molecule has 0 aromatic rings. The number of rotatable bonds is 2. The lowest BCUT2D eigenvalue weighted by atomic mass is 10.0. The minimum atomic E-state index is -0.454. The molecule has 2 aliphatic rings. The van der Waals surface area contributed by atoms with Gasteiger partial charge in [-0.25, -0.2) is 0 Å². The molecule has 6 heteroatoms. The summed E-state index contributed by atoms with van der Waals surface area (Å²) in [5.41, 5.74) is 0. The molecule has 2 fully saturated rings. The monoisotopic (exact) mass is 242 g/mol. The maximum atomic E-state index is 11.7. The lowest BCUT2D eigenvalue weighted by Crippen LogP contribution is -2.49. The van der Waals surface area contributed by atoms with E-state index in [1.165, 1.54) is 6.92 Å². The van der Waals surface area contributed by atoms with Gasteiger partial charge >= 0.3 is 0 Å². The number of amides is 2. The molecule has 1 N–H and O–H groups in total. The van der Waals surface area contributed by atoms with Crippen molar-refractivity contribution in [2.75, 3.05) is 32.8 Å². The number of piperidine rings is 1. The first-order chi connectivity index (χ1) is 8.11. The van der Waals surface area contributed by atoms with Crippen LogP contribution in [0.15, 0.2) is 0 Å². The summed E-state index contributed by atoms with van der Waals surface area (Å²) < 4.78 is 11.2. The Morgan fingerprint density at radius 1 is 1.24 bits per heavy atom. The second-order valence-electron chi connectivity index (χ2n) is 4.40. The van der Waals surface area contributed by atoms with E-state index < -0.39 is 5.79 Å². The molecule has 0 radical (unpaired) electrons. The summed E-state index contributed by atoms with van der Waals surface area (Å²) in [5, 5.41) is 2.51. The van der Waals surface area contributed by atoms with Crippen LogP contribution in [-0.4, -0.2) is 55.3 Å². The Kier molecular flexibility index (Phi) is 3.63. The first-order valence-electron chi connectivity index (χ1n) is 5.91. The van der Waals surface area contributed by atoms with Gasteiger partial charge in [0.05, 0.1) is 19.8 Å². The number of hydrogen-bond donors (Lipinski definition) is 1. The molecule has 2 heterocycles. The summed E-state index contributed by atoms with van der Waals surface area (Å²) in [4.78, 5) is 24.2. The third kappa shape index (κ3) is 2.95. The van der Waals surface area contributed by atoms with E-state index in [1.54, 1.807) is 4.90 Å². The number of nitrogens with one attached hydrogen (secondary N) is 1. The fourth-order valence-corrected chi connectivity index (χ4v) is 2.19. The molecule has 0 aliphatic carbocycles. The van der Waals surface area contributed by atoms with E-state index in [1.807, 2.05) is 0 Å². The highest BCUT2D eigenvalue weighted by Gasteiger charge is 2.40. The molecular formula is C11H18N2O4. The number of carbonyl (C=O) groups excluding carboxylic acids is 2. The molecule has 0 saturated carbocycles. The highest BCUT2D eigenvalue weighted by atomic mass is 16.7. The summed E-state index contributed by atoms with van der Waals surface area (Å²) >= 11 is 0. The average Bonchev–Trinajstić information content (AvgIpc) is 2.75. The van der Waals surface area contributed by atoms with Gasteiger partial charge in [0.2, 0.25) is 11.8 Å². The van der Waals surface area contributed by atoms with E-state index >= 15 is 0 Å². The predicted octanol–water partition coefficient (Wildman–Crippen LogP) is -0.512. The summed E-state index contributed by atoms with van der Waals surface area (Å²) in [6.45, 7) is 4.00. The van der Waals surface area contributed by atoms with Crippen molar-refractivity contribution in [2.45, 2.75) is 25.6 Å². The molecule has 0 bridgehead atoms. The van der Waals surface area contributed by atoms with Crippen LogP contribution < -0.4 is 5.32 Å². The van der Waals surface area contributed by atoms with Gasteiger partial charge in [0, 0.05) is 32.9 Å². The van der Waals surface area contributed by atoms with Crippen LogP contribution in [0.5, 0.6) is 0 Å². The zero-order valence-electron chi connectivity index (χ0n) is 10.0. The van der Waals surface area contributed by atoms with Gasteiger partial charge in [-0.3, -0.25) is 9.59 Å². The van der Waals surface area contributed by atoms with Gasteiger partial charge in [-0.15, -0.1) is 0 Å². The Balaban J connectivity index is 1.78. The number of ether oxygens (including phenoxy) is 2. The zero-order chi connectivity index (χ0) is 12.3. The number of likely N-dealkylation sites (tertiary alicyclic amines) is 1. The largest absolute Gasteiger partial charge is 0.347 e. The minimum Gasteiger partial charge on any atom is -0.347 e. The van der Waals surface area contributed by atoms with Crippen molar-refractivity contribution in [3.8, 4) is 0 Å². The van der Waals surface area contributed by atoms with Crippen molar-refractivity contribution < 1.29 is 19.1 Å². The van der Waals surface area contributed by atoms with Crippen LogP contribution in [0.3, 0.4) is 0 Å². The summed E-state index contributed by atoms with van der Waals surface area (Å²) in [6.07, 6.45) is 1.41. The molecule has 0 aromatic heterocycles. The van der Waals surface area contributed by atoms with Crippen LogP contribution in [0.1, 0.15) is 19.8 Å². The first-order valence-corrected chi connectivity index (χ1v) is 5.91. The van der Waals surface area contributed by atoms with E-state index in [4.69, 9.17) is 9.47 Å². The van der Waals surface area contributed by atoms with Crippen molar-refractivity contribution in [3.05, 3.63) is 0 Å². The molecule has 17 heavy (non-hydrogen) atoms. The third-order valence-corrected chi connectivity index (χ3v) is 3.18. The normalized spacial score (nSPS) is 22.8. The van der Waals surface area contributed by atoms with Crippen molar-refractivity contribution in [2.24, 2.45) is 0 Å². The Labute approximate surface area is 100 Å². The van der Waals surface area contributed by atoms with Crippen molar-refractivity contribution in [1.82, 2.24) is 10.2 Å². The molecule has 6 nitrogen and oxygen atoms in total. The number of nitrogens with zero attached hydrogens (tertiary/aromatic N) is 1. The van der Waals surface area contributed by atoms with Gasteiger partial charge in [-0.1, -0.05) is 0 Å². The summed E-state index contributed by atoms with van der Waals surface area (Å²) in [7, 11) is 0. The fourth-order valence-electron chi connectivity index (χ4n) is 2.19. The average molecular weight is 242 g/mol. The minimum absolute atomic E-state index is 0.0481. The van der Waals surface area contributed by atoms with Crippen molar-refractivity contribution in [1.29, 1.82) is 0 Å². The molecule has 96 valence electrons. The molecule has 0 aromatic carbocycles. The van der Waals surface area contributed by atoms with Gasteiger partial charge in [-0.2, -0.15) is 0 Å². The standard InChI is InChI=1S/C11H18N2O4/c1-9(14)12-8-10(15)13-4-2-11(3-5-13)16-6-7-17-11/h2-8H2,1H3,(H,12,14).